The van der Waals surface area contributed by atoms with E-state index in [1.807, 2.05) is 0 Å². The third kappa shape index (κ3) is 3.66. The smallest absolute Gasteiger partial charge is 0.393 e. The summed E-state index contributed by atoms with van der Waals surface area (Å²) in [5.74, 6) is 0. The van der Waals surface area contributed by atoms with Crippen LogP contribution >= 0.6 is 0 Å². The monoisotopic (exact) mass is 160 g/mol. The van der Waals surface area contributed by atoms with Crippen LogP contribution in [0.15, 0.2) is 0 Å². The molecule has 0 rings (SSSR count). The van der Waals surface area contributed by atoms with Crippen molar-refractivity contribution in [2.24, 2.45) is 0 Å². The van der Waals surface area contributed by atoms with Crippen molar-refractivity contribution in [3.8, 4) is 0 Å². The Labute approximate surface area is 55.7 Å². The zero-order valence-corrected chi connectivity index (χ0v) is 5.32. The Bertz CT molecular complexity index is 98.3. The molecule has 0 spiro atoms. The van der Waals surface area contributed by atoms with E-state index in [0.29, 0.717) is 0 Å². The van der Waals surface area contributed by atoms with Gasteiger partial charge in [0, 0.05) is 6.42 Å². The molecule has 0 saturated carbocycles. The SMILES string of the molecule is CC(O)CC(F)C(F)(F)F. The van der Waals surface area contributed by atoms with Crippen LogP contribution in [0.2, 0.25) is 0 Å². The molecule has 0 radical (unpaired) electrons. The number of aliphatic hydroxyl groups is 1. The van der Waals surface area contributed by atoms with E-state index in [0.717, 1.165) is 6.92 Å². The number of rotatable bonds is 2. The van der Waals surface area contributed by atoms with Crippen molar-refractivity contribution >= 4 is 0 Å². The fourth-order valence-electron chi connectivity index (χ4n) is 0.433. The molecule has 1 nitrogen and oxygen atoms in total. The standard InChI is InChI=1S/C5H8F4O/c1-3(10)2-4(6)5(7,8)9/h3-4,10H,2H2,1H3. The van der Waals surface area contributed by atoms with Crippen molar-refractivity contribution in [2.45, 2.75) is 31.8 Å². The van der Waals surface area contributed by atoms with Crippen LogP contribution in [-0.4, -0.2) is 23.6 Å². The molecule has 0 aromatic carbocycles. The Kier molecular flexibility index (Phi) is 3.08. The van der Waals surface area contributed by atoms with Crippen molar-refractivity contribution in [2.75, 3.05) is 0 Å². The van der Waals surface area contributed by atoms with Crippen molar-refractivity contribution in [1.29, 1.82) is 0 Å². The second-order valence-corrected chi connectivity index (χ2v) is 2.09. The van der Waals surface area contributed by atoms with Crippen LogP contribution in [0.1, 0.15) is 13.3 Å². The van der Waals surface area contributed by atoms with Crippen LogP contribution in [-0.2, 0) is 0 Å². The zero-order chi connectivity index (χ0) is 8.36. The molecular weight excluding hydrogens is 152 g/mol. The molecule has 2 atom stereocenters. The summed E-state index contributed by atoms with van der Waals surface area (Å²) < 4.78 is 45.8. The summed E-state index contributed by atoms with van der Waals surface area (Å²) in [6.07, 6.45) is -9.88. The van der Waals surface area contributed by atoms with Gasteiger partial charge in [0.1, 0.15) is 0 Å². The molecule has 2 unspecified atom stereocenters. The van der Waals surface area contributed by atoms with Crippen LogP contribution in [0, 0.1) is 0 Å². The van der Waals surface area contributed by atoms with Gasteiger partial charge in [-0.05, 0) is 6.92 Å². The van der Waals surface area contributed by atoms with Gasteiger partial charge in [-0.1, -0.05) is 0 Å². The summed E-state index contributed by atoms with van der Waals surface area (Å²) in [5, 5.41) is 8.35. The van der Waals surface area contributed by atoms with Gasteiger partial charge in [-0.15, -0.1) is 0 Å². The summed E-state index contributed by atoms with van der Waals surface area (Å²) in [5.41, 5.74) is 0. The minimum absolute atomic E-state index is 0.885. The van der Waals surface area contributed by atoms with Gasteiger partial charge >= 0.3 is 6.18 Å². The maximum Gasteiger partial charge on any atom is 0.419 e. The maximum absolute atomic E-state index is 11.9. The lowest BCUT2D eigenvalue weighted by molar-refractivity contribution is -0.186. The number of hydrogen-bond donors (Lipinski definition) is 1. The normalized spacial score (nSPS) is 18.6. The lowest BCUT2D eigenvalue weighted by Gasteiger charge is -2.12. The Morgan fingerprint density at radius 1 is 1.40 bits per heavy atom. The maximum atomic E-state index is 11.9. The van der Waals surface area contributed by atoms with E-state index >= 15 is 0 Å². The van der Waals surface area contributed by atoms with E-state index in [1.54, 1.807) is 0 Å². The zero-order valence-electron chi connectivity index (χ0n) is 5.32. The molecule has 5 heteroatoms. The molecule has 62 valence electrons. The largest absolute Gasteiger partial charge is 0.419 e. The van der Waals surface area contributed by atoms with E-state index in [-0.39, 0.29) is 0 Å². The minimum atomic E-state index is -4.84. The lowest BCUT2D eigenvalue weighted by Crippen LogP contribution is -2.27. The highest BCUT2D eigenvalue weighted by Crippen LogP contribution is 2.25. The molecule has 1 N–H and O–H groups in total. The van der Waals surface area contributed by atoms with Crippen LogP contribution in [0.3, 0.4) is 0 Å². The summed E-state index contributed by atoms with van der Waals surface area (Å²) in [6.45, 7) is 1.11. The summed E-state index contributed by atoms with van der Waals surface area (Å²) in [6, 6.07) is 0. The molecule has 0 aliphatic rings. The molecule has 0 bridgehead atoms. The van der Waals surface area contributed by atoms with Crippen LogP contribution in [0.25, 0.3) is 0 Å². The van der Waals surface area contributed by atoms with Gasteiger partial charge in [0.15, 0.2) is 6.17 Å². The van der Waals surface area contributed by atoms with Crippen LogP contribution in [0.5, 0.6) is 0 Å². The number of alkyl halides is 4. The summed E-state index contributed by atoms with van der Waals surface area (Å²) >= 11 is 0. The highest BCUT2D eigenvalue weighted by Gasteiger charge is 2.40. The average Bonchev–Trinajstić information content (AvgIpc) is 1.60. The molecule has 10 heavy (non-hydrogen) atoms. The molecule has 0 aromatic heterocycles. The summed E-state index contributed by atoms with van der Waals surface area (Å²) in [4.78, 5) is 0. The van der Waals surface area contributed by atoms with Crippen molar-refractivity contribution in [3.63, 3.8) is 0 Å². The van der Waals surface area contributed by atoms with E-state index in [4.69, 9.17) is 5.11 Å². The summed E-state index contributed by atoms with van der Waals surface area (Å²) in [7, 11) is 0. The number of halogens is 4. The van der Waals surface area contributed by atoms with E-state index in [2.05, 4.69) is 0 Å². The molecule has 0 aliphatic heterocycles. The Morgan fingerprint density at radius 2 is 1.80 bits per heavy atom. The van der Waals surface area contributed by atoms with Crippen molar-refractivity contribution in [3.05, 3.63) is 0 Å². The van der Waals surface area contributed by atoms with Crippen LogP contribution in [0.4, 0.5) is 17.6 Å². The fraction of sp³-hybridized carbons (Fsp3) is 1.00. The first kappa shape index (κ1) is 9.68. The molecule has 0 heterocycles. The van der Waals surface area contributed by atoms with Gasteiger partial charge in [0.25, 0.3) is 0 Å². The van der Waals surface area contributed by atoms with Gasteiger partial charge < -0.3 is 5.11 Å². The number of hydrogen-bond acceptors (Lipinski definition) is 1. The molecule has 0 saturated heterocycles. The van der Waals surface area contributed by atoms with Crippen molar-refractivity contribution < 1.29 is 22.7 Å². The molecule has 0 amide bonds. The fourth-order valence-corrected chi connectivity index (χ4v) is 0.433. The molecule has 0 aliphatic carbocycles. The third-order valence-electron chi connectivity index (χ3n) is 0.903. The van der Waals surface area contributed by atoms with Crippen molar-refractivity contribution in [1.82, 2.24) is 0 Å². The Balaban J connectivity index is 3.73. The van der Waals surface area contributed by atoms with Gasteiger partial charge in [-0.3, -0.25) is 0 Å². The number of aliphatic hydroxyl groups excluding tert-OH is 1. The Morgan fingerprint density at radius 3 is 1.90 bits per heavy atom. The van der Waals surface area contributed by atoms with Crippen LogP contribution < -0.4 is 0 Å². The molecule has 0 fully saturated rings. The van der Waals surface area contributed by atoms with Gasteiger partial charge in [-0.25, -0.2) is 4.39 Å². The predicted octanol–water partition coefficient (Wildman–Crippen LogP) is 1.66. The third-order valence-corrected chi connectivity index (χ3v) is 0.903. The molecular formula is C5H8F4O. The Hall–Kier alpha value is -0.320. The van der Waals surface area contributed by atoms with E-state index in [1.165, 1.54) is 0 Å². The quantitative estimate of drug-likeness (QED) is 0.609. The predicted molar refractivity (Wildman–Crippen MR) is 27.2 cm³/mol. The molecule has 0 aromatic rings. The second kappa shape index (κ2) is 3.18. The van der Waals surface area contributed by atoms with Gasteiger partial charge in [0.2, 0.25) is 0 Å². The lowest BCUT2D eigenvalue weighted by atomic mass is 10.2. The van der Waals surface area contributed by atoms with Gasteiger partial charge in [-0.2, -0.15) is 13.2 Å². The highest BCUT2D eigenvalue weighted by atomic mass is 19.4. The van der Waals surface area contributed by atoms with E-state index < -0.39 is 24.9 Å². The first-order valence-corrected chi connectivity index (χ1v) is 2.73. The minimum Gasteiger partial charge on any atom is -0.393 e. The topological polar surface area (TPSA) is 20.2 Å². The average molecular weight is 160 g/mol. The second-order valence-electron chi connectivity index (χ2n) is 2.09. The first-order chi connectivity index (χ1) is 4.34. The first-order valence-electron chi connectivity index (χ1n) is 2.73. The highest BCUT2D eigenvalue weighted by molar-refractivity contribution is 4.67. The van der Waals surface area contributed by atoms with Gasteiger partial charge in [0.05, 0.1) is 6.10 Å². The van der Waals surface area contributed by atoms with E-state index in [9.17, 15) is 17.6 Å².